The molecule has 92 valence electrons. The monoisotopic (exact) mass is 322 g/mol. The molecular weight excluding hydrogens is 312 g/mol. The number of hydrogen-bond acceptors (Lipinski definition) is 4. The summed E-state index contributed by atoms with van der Waals surface area (Å²) in [4.78, 5) is 0.848. The van der Waals surface area contributed by atoms with E-state index >= 15 is 0 Å². The van der Waals surface area contributed by atoms with Gasteiger partial charge in [0, 0.05) is 16.5 Å². The summed E-state index contributed by atoms with van der Waals surface area (Å²) in [5.41, 5.74) is 2.34. The molecule has 2 aromatic heterocycles. The Morgan fingerprint density at radius 1 is 1.33 bits per heavy atom. The summed E-state index contributed by atoms with van der Waals surface area (Å²) >= 11 is 5.11. The Morgan fingerprint density at radius 2 is 2.17 bits per heavy atom. The second-order valence-electron chi connectivity index (χ2n) is 3.98. The van der Waals surface area contributed by atoms with Crippen molar-refractivity contribution < 1.29 is 0 Å². The van der Waals surface area contributed by atoms with Crippen molar-refractivity contribution in [1.82, 2.24) is 19.8 Å². The van der Waals surface area contributed by atoms with E-state index in [0.29, 0.717) is 0 Å². The lowest BCUT2D eigenvalue weighted by atomic mass is 10.1. The van der Waals surface area contributed by atoms with Gasteiger partial charge in [-0.1, -0.05) is 46.3 Å². The maximum atomic E-state index is 4.61. The molecule has 3 aromatic rings. The summed E-state index contributed by atoms with van der Waals surface area (Å²) in [5, 5.41) is 13.8. The largest absolute Gasteiger partial charge is 0.234 e. The highest BCUT2D eigenvalue weighted by atomic mass is 79.9. The van der Waals surface area contributed by atoms with Gasteiger partial charge < -0.3 is 0 Å². The molecule has 0 N–H and O–H groups in total. The maximum Gasteiger partial charge on any atom is 0.234 e. The number of aryl methyl sites for hydroxylation is 1. The summed E-state index contributed by atoms with van der Waals surface area (Å²) in [6.45, 7) is 4.14. The van der Waals surface area contributed by atoms with Crippen LogP contribution < -0.4 is 0 Å². The minimum absolute atomic E-state index is 0.835. The van der Waals surface area contributed by atoms with Crippen LogP contribution in [0.5, 0.6) is 0 Å². The van der Waals surface area contributed by atoms with Crippen LogP contribution in [0.15, 0.2) is 22.7 Å². The van der Waals surface area contributed by atoms with E-state index in [0.717, 1.165) is 32.2 Å². The van der Waals surface area contributed by atoms with Gasteiger partial charge in [-0.3, -0.25) is 0 Å². The standard InChI is InChI=1S/C12H11BrN4S/c1-3-10-14-15-12-17(10)16-11(18-12)8-5-4-6-9(13)7(8)2/h4-6H,3H2,1-2H3. The number of halogens is 1. The molecule has 0 aliphatic carbocycles. The van der Waals surface area contributed by atoms with Crippen LogP contribution >= 0.6 is 27.3 Å². The van der Waals surface area contributed by atoms with Gasteiger partial charge in [0.2, 0.25) is 4.96 Å². The first-order valence-electron chi connectivity index (χ1n) is 5.67. The van der Waals surface area contributed by atoms with Crippen molar-refractivity contribution in [2.24, 2.45) is 0 Å². The zero-order chi connectivity index (χ0) is 12.7. The zero-order valence-electron chi connectivity index (χ0n) is 10.0. The Hall–Kier alpha value is -1.27. The predicted octanol–water partition coefficient (Wildman–Crippen LogP) is 3.49. The summed E-state index contributed by atoms with van der Waals surface area (Å²) in [6, 6.07) is 6.14. The lowest BCUT2D eigenvalue weighted by Gasteiger charge is -2.03. The average molecular weight is 323 g/mol. The third kappa shape index (κ3) is 1.76. The lowest BCUT2D eigenvalue weighted by Crippen LogP contribution is -1.94. The van der Waals surface area contributed by atoms with Crippen molar-refractivity contribution in [3.05, 3.63) is 34.1 Å². The van der Waals surface area contributed by atoms with Crippen LogP contribution in [0.25, 0.3) is 15.5 Å². The predicted molar refractivity (Wildman–Crippen MR) is 75.9 cm³/mol. The molecule has 0 atom stereocenters. The Morgan fingerprint density at radius 3 is 2.94 bits per heavy atom. The quantitative estimate of drug-likeness (QED) is 0.725. The van der Waals surface area contributed by atoms with E-state index in [9.17, 15) is 0 Å². The number of fused-ring (bicyclic) bond motifs is 1. The van der Waals surface area contributed by atoms with Gasteiger partial charge in [0.1, 0.15) is 5.01 Å². The number of nitrogens with zero attached hydrogens (tertiary/aromatic N) is 4. The minimum Gasteiger partial charge on any atom is -0.187 e. The number of aromatic nitrogens is 4. The van der Waals surface area contributed by atoms with E-state index in [1.165, 1.54) is 5.56 Å². The molecule has 6 heteroatoms. The first kappa shape index (κ1) is 11.8. The number of benzene rings is 1. The second kappa shape index (κ2) is 4.44. The molecule has 0 aliphatic rings. The van der Waals surface area contributed by atoms with Crippen molar-refractivity contribution in [1.29, 1.82) is 0 Å². The summed E-state index contributed by atoms with van der Waals surface area (Å²) in [6.07, 6.45) is 0.835. The molecule has 0 unspecified atom stereocenters. The van der Waals surface area contributed by atoms with Crippen molar-refractivity contribution >= 4 is 32.2 Å². The summed E-state index contributed by atoms with van der Waals surface area (Å²) in [5.74, 6) is 0.903. The van der Waals surface area contributed by atoms with Gasteiger partial charge >= 0.3 is 0 Å². The van der Waals surface area contributed by atoms with Crippen LogP contribution in [0, 0.1) is 6.92 Å². The van der Waals surface area contributed by atoms with Gasteiger partial charge in [-0.25, -0.2) is 0 Å². The number of hydrogen-bond donors (Lipinski definition) is 0. The maximum absolute atomic E-state index is 4.61. The van der Waals surface area contributed by atoms with Crippen LogP contribution in [0.4, 0.5) is 0 Å². The molecule has 0 spiro atoms. The average Bonchev–Trinajstić information content (AvgIpc) is 2.92. The molecule has 3 rings (SSSR count). The highest BCUT2D eigenvalue weighted by Gasteiger charge is 2.13. The van der Waals surface area contributed by atoms with E-state index in [1.807, 2.05) is 16.6 Å². The van der Waals surface area contributed by atoms with Gasteiger partial charge in [0.25, 0.3) is 0 Å². The Balaban J connectivity index is 2.19. The van der Waals surface area contributed by atoms with Gasteiger partial charge in [0.05, 0.1) is 0 Å². The topological polar surface area (TPSA) is 43.1 Å². The minimum atomic E-state index is 0.835. The highest BCUT2D eigenvalue weighted by molar-refractivity contribution is 9.10. The fourth-order valence-electron chi connectivity index (χ4n) is 1.83. The first-order valence-corrected chi connectivity index (χ1v) is 7.28. The van der Waals surface area contributed by atoms with Crippen molar-refractivity contribution in [3.8, 4) is 10.6 Å². The summed E-state index contributed by atoms with van der Waals surface area (Å²) in [7, 11) is 0. The van der Waals surface area contributed by atoms with E-state index in [1.54, 1.807) is 11.3 Å². The highest BCUT2D eigenvalue weighted by Crippen LogP contribution is 2.31. The molecule has 0 amide bonds. The zero-order valence-corrected chi connectivity index (χ0v) is 12.4. The van der Waals surface area contributed by atoms with Crippen LogP contribution in [-0.4, -0.2) is 19.8 Å². The van der Waals surface area contributed by atoms with Gasteiger partial charge in [-0.15, -0.1) is 10.2 Å². The van der Waals surface area contributed by atoms with E-state index in [-0.39, 0.29) is 0 Å². The molecule has 0 aliphatic heterocycles. The fraction of sp³-hybridized carbons (Fsp3) is 0.250. The van der Waals surface area contributed by atoms with Crippen LogP contribution in [0.2, 0.25) is 0 Å². The van der Waals surface area contributed by atoms with Crippen molar-refractivity contribution in [2.45, 2.75) is 20.3 Å². The van der Waals surface area contributed by atoms with E-state index in [4.69, 9.17) is 0 Å². The van der Waals surface area contributed by atoms with Crippen LogP contribution in [-0.2, 0) is 6.42 Å². The van der Waals surface area contributed by atoms with Gasteiger partial charge in [-0.2, -0.15) is 9.61 Å². The third-order valence-electron chi connectivity index (χ3n) is 2.87. The van der Waals surface area contributed by atoms with Crippen LogP contribution in [0.1, 0.15) is 18.3 Å². The summed E-state index contributed by atoms with van der Waals surface area (Å²) < 4.78 is 2.93. The van der Waals surface area contributed by atoms with E-state index in [2.05, 4.69) is 51.1 Å². The number of rotatable bonds is 2. The SMILES string of the molecule is CCc1nnc2sc(-c3cccc(Br)c3C)nn12. The Bertz CT molecular complexity index is 716. The molecule has 4 nitrogen and oxygen atoms in total. The molecule has 0 saturated heterocycles. The van der Waals surface area contributed by atoms with Gasteiger partial charge in [0.15, 0.2) is 5.82 Å². The molecule has 0 radical (unpaired) electrons. The smallest absolute Gasteiger partial charge is 0.187 e. The molecule has 0 fully saturated rings. The van der Waals surface area contributed by atoms with Crippen molar-refractivity contribution in [3.63, 3.8) is 0 Å². The molecule has 0 saturated carbocycles. The van der Waals surface area contributed by atoms with Crippen LogP contribution in [0.3, 0.4) is 0 Å². The molecule has 2 heterocycles. The van der Waals surface area contributed by atoms with E-state index < -0.39 is 0 Å². The van der Waals surface area contributed by atoms with Gasteiger partial charge in [-0.05, 0) is 18.6 Å². The third-order valence-corrected chi connectivity index (χ3v) is 4.66. The fourth-order valence-corrected chi connectivity index (χ4v) is 3.13. The molecule has 18 heavy (non-hydrogen) atoms. The normalized spacial score (nSPS) is 11.3. The Labute approximate surface area is 117 Å². The first-order chi connectivity index (χ1) is 8.70. The Kier molecular flexibility index (Phi) is 2.91. The molecular formula is C12H11BrN4S. The molecule has 1 aromatic carbocycles. The lowest BCUT2D eigenvalue weighted by molar-refractivity contribution is 0.837. The van der Waals surface area contributed by atoms with Crippen molar-refractivity contribution in [2.75, 3.05) is 0 Å². The second-order valence-corrected chi connectivity index (χ2v) is 5.79. The molecule has 0 bridgehead atoms.